The van der Waals surface area contributed by atoms with Crippen molar-refractivity contribution in [2.45, 2.75) is 32.2 Å². The second-order valence-corrected chi connectivity index (χ2v) is 7.67. The Labute approximate surface area is 178 Å². The zero-order valence-corrected chi connectivity index (χ0v) is 17.9. The minimum atomic E-state index is -0.287. The maximum Gasteiger partial charge on any atom is 0.325 e. The van der Waals surface area contributed by atoms with E-state index in [9.17, 15) is 9.59 Å². The molecule has 152 valence electrons. The zero-order chi connectivity index (χ0) is 20.6. The molecule has 0 bridgehead atoms. The van der Waals surface area contributed by atoms with Crippen LogP contribution in [0.2, 0.25) is 0 Å². The number of hydrogen-bond acceptors (Lipinski definition) is 4. The molecule has 0 fully saturated rings. The van der Waals surface area contributed by atoms with E-state index in [1.807, 2.05) is 41.0 Å². The third kappa shape index (κ3) is 5.67. The van der Waals surface area contributed by atoms with Gasteiger partial charge in [-0.3, -0.25) is 9.59 Å². The number of esters is 1. The molecule has 0 saturated carbocycles. The minimum Gasteiger partial charge on any atom is -0.468 e. The first-order chi connectivity index (χ1) is 14.1. The van der Waals surface area contributed by atoms with E-state index in [2.05, 4.69) is 26.2 Å². The molecule has 0 aliphatic heterocycles. The van der Waals surface area contributed by atoms with Gasteiger partial charge in [0.2, 0.25) is 0 Å². The molecule has 0 saturated heterocycles. The fourth-order valence-electron chi connectivity index (χ4n) is 3.18. The normalized spacial score (nSPS) is 10.8. The van der Waals surface area contributed by atoms with Gasteiger partial charge < -0.3 is 14.6 Å². The van der Waals surface area contributed by atoms with Gasteiger partial charge in [0.15, 0.2) is 0 Å². The molecule has 2 aromatic carbocycles. The van der Waals surface area contributed by atoms with E-state index in [4.69, 9.17) is 4.74 Å². The van der Waals surface area contributed by atoms with Crippen molar-refractivity contribution in [3.8, 4) is 0 Å². The smallest absolute Gasteiger partial charge is 0.325 e. The molecule has 3 rings (SSSR count). The molecule has 0 radical (unpaired) electrons. The van der Waals surface area contributed by atoms with Crippen molar-refractivity contribution in [3.05, 3.63) is 64.4 Å². The Kier molecular flexibility index (Phi) is 7.41. The van der Waals surface area contributed by atoms with Crippen LogP contribution in [0.25, 0.3) is 11.0 Å². The van der Waals surface area contributed by atoms with Crippen LogP contribution < -0.4 is 5.32 Å². The molecule has 29 heavy (non-hydrogen) atoms. The van der Waals surface area contributed by atoms with Crippen LogP contribution in [0.3, 0.4) is 0 Å². The molecule has 3 aromatic rings. The standard InChI is InChI=1S/C22H24BrN3O3/c1-29-21(27)15-26-19-8-5-4-7-18(19)25-20(26)9-3-2-6-14-24-22(28)16-10-12-17(23)13-11-16/h4-5,7-8,10-13H,2-3,6,9,14-15H2,1H3,(H,24,28). The number of fused-ring (bicyclic) bond motifs is 1. The highest BCUT2D eigenvalue weighted by Gasteiger charge is 2.13. The van der Waals surface area contributed by atoms with Crippen molar-refractivity contribution in [1.29, 1.82) is 0 Å². The van der Waals surface area contributed by atoms with Crippen molar-refractivity contribution < 1.29 is 14.3 Å². The van der Waals surface area contributed by atoms with Gasteiger partial charge in [-0.05, 0) is 49.2 Å². The molecule has 0 atom stereocenters. The molecule has 1 N–H and O–H groups in total. The second kappa shape index (κ2) is 10.2. The Hall–Kier alpha value is -2.67. The van der Waals surface area contributed by atoms with Crippen molar-refractivity contribution >= 4 is 38.8 Å². The lowest BCUT2D eigenvalue weighted by Gasteiger charge is -2.08. The van der Waals surface area contributed by atoms with Crippen LogP contribution in [-0.2, 0) is 22.5 Å². The van der Waals surface area contributed by atoms with Crippen LogP contribution in [0.15, 0.2) is 53.0 Å². The van der Waals surface area contributed by atoms with E-state index in [1.165, 1.54) is 7.11 Å². The molecule has 1 heterocycles. The maximum absolute atomic E-state index is 12.1. The minimum absolute atomic E-state index is 0.0580. The number of amides is 1. The summed E-state index contributed by atoms with van der Waals surface area (Å²) in [7, 11) is 1.39. The van der Waals surface area contributed by atoms with Gasteiger partial charge in [0, 0.05) is 23.0 Å². The number of aromatic nitrogens is 2. The first-order valence-corrected chi connectivity index (χ1v) is 10.4. The van der Waals surface area contributed by atoms with Crippen LogP contribution in [0, 0.1) is 0 Å². The molecule has 0 aliphatic carbocycles. The van der Waals surface area contributed by atoms with Crippen molar-refractivity contribution in [2.24, 2.45) is 0 Å². The summed E-state index contributed by atoms with van der Waals surface area (Å²) in [6, 6.07) is 15.1. The predicted molar refractivity (Wildman–Crippen MR) is 116 cm³/mol. The predicted octanol–water partition coefficient (Wildman–Crippen LogP) is 4.11. The number of nitrogens with one attached hydrogen (secondary N) is 1. The largest absolute Gasteiger partial charge is 0.468 e. The summed E-state index contributed by atoms with van der Waals surface area (Å²) in [5.74, 6) is 0.540. The molecular formula is C22H24BrN3O3. The third-order valence-corrected chi connectivity index (χ3v) is 5.25. The summed E-state index contributed by atoms with van der Waals surface area (Å²) in [6.07, 6.45) is 3.55. The number of hydrogen-bond donors (Lipinski definition) is 1. The van der Waals surface area contributed by atoms with Crippen LogP contribution in [-0.4, -0.2) is 35.1 Å². The lowest BCUT2D eigenvalue weighted by molar-refractivity contribution is -0.141. The summed E-state index contributed by atoms with van der Waals surface area (Å²) in [5, 5.41) is 2.95. The van der Waals surface area contributed by atoms with Crippen LogP contribution >= 0.6 is 15.9 Å². The number of benzene rings is 2. The Morgan fingerprint density at radius 3 is 2.59 bits per heavy atom. The quantitative estimate of drug-likeness (QED) is 0.387. The molecule has 7 heteroatoms. The highest BCUT2D eigenvalue weighted by Crippen LogP contribution is 2.18. The van der Waals surface area contributed by atoms with E-state index < -0.39 is 0 Å². The number of carbonyl (C=O) groups excluding carboxylic acids is 2. The fraction of sp³-hybridized carbons (Fsp3) is 0.318. The van der Waals surface area contributed by atoms with Gasteiger partial charge in [0.1, 0.15) is 12.4 Å². The van der Waals surface area contributed by atoms with Gasteiger partial charge in [-0.25, -0.2) is 4.98 Å². The Bertz CT molecular complexity index is 983. The van der Waals surface area contributed by atoms with E-state index >= 15 is 0 Å². The number of para-hydroxylation sites is 2. The number of halogens is 1. The fourth-order valence-corrected chi connectivity index (χ4v) is 3.44. The summed E-state index contributed by atoms with van der Waals surface area (Å²) in [6.45, 7) is 0.795. The van der Waals surface area contributed by atoms with Crippen molar-refractivity contribution in [3.63, 3.8) is 0 Å². The molecule has 0 aliphatic rings. The molecule has 0 spiro atoms. The number of aryl methyl sites for hydroxylation is 1. The molecule has 1 aromatic heterocycles. The number of nitrogens with zero attached hydrogens (tertiary/aromatic N) is 2. The van der Waals surface area contributed by atoms with E-state index in [0.717, 1.165) is 47.0 Å². The maximum atomic E-state index is 12.1. The van der Waals surface area contributed by atoms with Gasteiger partial charge in [-0.15, -0.1) is 0 Å². The van der Waals surface area contributed by atoms with Crippen molar-refractivity contribution in [2.75, 3.05) is 13.7 Å². The Morgan fingerprint density at radius 1 is 1.07 bits per heavy atom. The van der Waals surface area contributed by atoms with Gasteiger partial charge in [-0.2, -0.15) is 0 Å². The van der Waals surface area contributed by atoms with Gasteiger partial charge in [0.05, 0.1) is 18.1 Å². The lowest BCUT2D eigenvalue weighted by atomic mass is 10.1. The Morgan fingerprint density at radius 2 is 1.83 bits per heavy atom. The molecular weight excluding hydrogens is 434 g/mol. The third-order valence-electron chi connectivity index (χ3n) is 4.72. The second-order valence-electron chi connectivity index (χ2n) is 6.75. The number of ether oxygens (including phenoxy) is 1. The number of carbonyl (C=O) groups is 2. The molecule has 0 unspecified atom stereocenters. The zero-order valence-electron chi connectivity index (χ0n) is 16.4. The van der Waals surface area contributed by atoms with Crippen molar-refractivity contribution in [1.82, 2.24) is 14.9 Å². The summed E-state index contributed by atoms with van der Waals surface area (Å²) in [4.78, 5) is 28.6. The van der Waals surface area contributed by atoms with Crippen LogP contribution in [0.5, 0.6) is 0 Å². The first-order valence-electron chi connectivity index (χ1n) is 9.63. The topological polar surface area (TPSA) is 73.2 Å². The van der Waals surface area contributed by atoms with E-state index in [0.29, 0.717) is 12.1 Å². The summed E-state index contributed by atoms with van der Waals surface area (Å²) < 4.78 is 7.70. The van der Waals surface area contributed by atoms with E-state index in [1.54, 1.807) is 12.1 Å². The van der Waals surface area contributed by atoms with E-state index in [-0.39, 0.29) is 18.4 Å². The number of rotatable bonds is 9. The summed E-state index contributed by atoms with van der Waals surface area (Å²) in [5.41, 5.74) is 2.48. The van der Waals surface area contributed by atoms with Gasteiger partial charge >= 0.3 is 5.97 Å². The SMILES string of the molecule is COC(=O)Cn1c(CCCCCNC(=O)c2ccc(Br)cc2)nc2ccccc21. The summed E-state index contributed by atoms with van der Waals surface area (Å²) >= 11 is 3.36. The van der Waals surface area contributed by atoms with Crippen LogP contribution in [0.4, 0.5) is 0 Å². The lowest BCUT2D eigenvalue weighted by Crippen LogP contribution is -2.24. The van der Waals surface area contributed by atoms with Crippen LogP contribution in [0.1, 0.15) is 35.4 Å². The van der Waals surface area contributed by atoms with Gasteiger partial charge in [-0.1, -0.05) is 34.5 Å². The molecule has 6 nitrogen and oxygen atoms in total. The number of imidazole rings is 1. The number of methoxy groups -OCH3 is 1. The average Bonchev–Trinajstić information content (AvgIpc) is 3.08. The Balaban J connectivity index is 1.48. The van der Waals surface area contributed by atoms with Gasteiger partial charge in [0.25, 0.3) is 5.91 Å². The first kappa shape index (κ1) is 21.0. The monoisotopic (exact) mass is 457 g/mol. The average molecular weight is 458 g/mol. The molecule has 1 amide bonds. The highest BCUT2D eigenvalue weighted by molar-refractivity contribution is 9.10. The number of unbranched alkanes of at least 4 members (excludes halogenated alkanes) is 2. The highest BCUT2D eigenvalue weighted by atomic mass is 79.9.